The third-order valence-electron chi connectivity index (χ3n) is 9.56. The van der Waals surface area contributed by atoms with Crippen molar-refractivity contribution in [2.45, 2.75) is 0 Å². The lowest BCUT2D eigenvalue weighted by atomic mass is 10.1. The molecule has 0 amide bonds. The van der Waals surface area contributed by atoms with Crippen LogP contribution in [-0.4, -0.2) is 24.1 Å². The van der Waals surface area contributed by atoms with Crippen molar-refractivity contribution in [1.82, 2.24) is 24.1 Å². The molecule has 0 bridgehead atoms. The van der Waals surface area contributed by atoms with E-state index < -0.39 is 0 Å². The lowest BCUT2D eigenvalue weighted by Crippen LogP contribution is -2.01. The molecular formula is C45H29N5. The number of nitrogens with zero attached hydrogens (tertiary/aromatic N) is 5. The molecule has 3 heterocycles. The number of fused-ring (bicyclic) bond motifs is 6. The van der Waals surface area contributed by atoms with Gasteiger partial charge in [-0.15, -0.1) is 0 Å². The number of aromatic nitrogens is 5. The molecule has 0 saturated carbocycles. The summed E-state index contributed by atoms with van der Waals surface area (Å²) in [6.45, 7) is 0. The predicted molar refractivity (Wildman–Crippen MR) is 205 cm³/mol. The highest BCUT2D eigenvalue weighted by Crippen LogP contribution is 2.36. The lowest BCUT2D eigenvalue weighted by Gasteiger charge is -2.12. The van der Waals surface area contributed by atoms with Gasteiger partial charge in [-0.1, -0.05) is 127 Å². The Labute approximate surface area is 288 Å². The van der Waals surface area contributed by atoms with Crippen LogP contribution in [0.5, 0.6) is 0 Å². The van der Waals surface area contributed by atoms with Crippen molar-refractivity contribution < 1.29 is 0 Å². The second-order valence-electron chi connectivity index (χ2n) is 12.5. The first-order chi connectivity index (χ1) is 24.8. The molecule has 0 N–H and O–H groups in total. The topological polar surface area (TPSA) is 48.5 Å². The van der Waals surface area contributed by atoms with E-state index in [1.165, 1.54) is 21.5 Å². The van der Waals surface area contributed by atoms with Crippen LogP contribution in [0.1, 0.15) is 0 Å². The average Bonchev–Trinajstić information content (AvgIpc) is 3.71. The summed E-state index contributed by atoms with van der Waals surface area (Å²) in [4.78, 5) is 15.3. The van der Waals surface area contributed by atoms with Crippen molar-refractivity contribution in [2.24, 2.45) is 0 Å². The molecule has 0 radical (unpaired) electrons. The molecule has 0 aliphatic rings. The van der Waals surface area contributed by atoms with Gasteiger partial charge in [-0.25, -0.2) is 15.0 Å². The van der Waals surface area contributed by atoms with Crippen LogP contribution >= 0.6 is 0 Å². The summed E-state index contributed by atoms with van der Waals surface area (Å²) >= 11 is 0. The molecule has 10 rings (SSSR count). The summed E-state index contributed by atoms with van der Waals surface area (Å²) in [7, 11) is 0. The van der Waals surface area contributed by atoms with Gasteiger partial charge in [0.05, 0.1) is 22.1 Å². The maximum atomic E-state index is 5.17. The molecule has 0 spiro atoms. The SMILES string of the molecule is c1ccc(-c2nc(-c3cccc(-n4c5ccccc5c5ccccc54)c3)nc(-c3ccc4c5ccccc5n(-c5ccccc5)c4c3)n2)cc1. The molecule has 0 aliphatic carbocycles. The van der Waals surface area contributed by atoms with Crippen molar-refractivity contribution in [3.8, 4) is 45.5 Å². The van der Waals surface area contributed by atoms with E-state index in [1.54, 1.807) is 0 Å². The largest absolute Gasteiger partial charge is 0.309 e. The van der Waals surface area contributed by atoms with E-state index in [1.807, 2.05) is 30.3 Å². The van der Waals surface area contributed by atoms with Crippen molar-refractivity contribution >= 4 is 43.6 Å². The van der Waals surface area contributed by atoms with Crippen LogP contribution in [0.3, 0.4) is 0 Å². The van der Waals surface area contributed by atoms with Crippen LogP contribution in [0.15, 0.2) is 176 Å². The molecule has 7 aromatic carbocycles. The Morgan fingerprint density at radius 1 is 0.280 bits per heavy atom. The molecule has 50 heavy (non-hydrogen) atoms. The monoisotopic (exact) mass is 639 g/mol. The van der Waals surface area contributed by atoms with Crippen molar-refractivity contribution in [2.75, 3.05) is 0 Å². The van der Waals surface area contributed by atoms with Gasteiger partial charge < -0.3 is 9.13 Å². The molecule has 5 heteroatoms. The molecule has 0 atom stereocenters. The van der Waals surface area contributed by atoms with Gasteiger partial charge in [0.1, 0.15) is 0 Å². The number of para-hydroxylation sites is 4. The highest BCUT2D eigenvalue weighted by atomic mass is 15.0. The van der Waals surface area contributed by atoms with Gasteiger partial charge in [0.15, 0.2) is 17.5 Å². The fourth-order valence-corrected chi connectivity index (χ4v) is 7.30. The summed E-state index contributed by atoms with van der Waals surface area (Å²) in [6, 6.07) is 61.4. The first-order valence-corrected chi connectivity index (χ1v) is 16.8. The molecule has 0 aliphatic heterocycles. The molecule has 234 valence electrons. The van der Waals surface area contributed by atoms with Gasteiger partial charge in [0.2, 0.25) is 0 Å². The van der Waals surface area contributed by atoms with E-state index in [-0.39, 0.29) is 0 Å². The molecule has 10 aromatic rings. The van der Waals surface area contributed by atoms with Crippen LogP contribution in [-0.2, 0) is 0 Å². The summed E-state index contributed by atoms with van der Waals surface area (Å²) in [6.07, 6.45) is 0. The van der Waals surface area contributed by atoms with Gasteiger partial charge in [0.25, 0.3) is 0 Å². The second-order valence-corrected chi connectivity index (χ2v) is 12.5. The highest BCUT2D eigenvalue weighted by molar-refractivity contribution is 6.10. The average molecular weight is 640 g/mol. The van der Waals surface area contributed by atoms with Crippen molar-refractivity contribution in [3.63, 3.8) is 0 Å². The van der Waals surface area contributed by atoms with Crippen LogP contribution in [0.25, 0.3) is 89.2 Å². The first-order valence-electron chi connectivity index (χ1n) is 16.8. The maximum absolute atomic E-state index is 5.17. The summed E-state index contributed by atoms with van der Waals surface area (Å²) < 4.78 is 4.65. The summed E-state index contributed by atoms with van der Waals surface area (Å²) in [5.41, 5.74) is 9.54. The predicted octanol–water partition coefficient (Wildman–Crippen LogP) is 11.1. The zero-order valence-electron chi connectivity index (χ0n) is 27.0. The van der Waals surface area contributed by atoms with Gasteiger partial charge in [-0.2, -0.15) is 0 Å². The Balaban J connectivity index is 1.18. The first kappa shape index (κ1) is 28.2. The van der Waals surface area contributed by atoms with E-state index in [2.05, 4.69) is 155 Å². The number of rotatable bonds is 5. The van der Waals surface area contributed by atoms with Gasteiger partial charge in [0, 0.05) is 49.6 Å². The van der Waals surface area contributed by atoms with Gasteiger partial charge in [-0.3, -0.25) is 0 Å². The molecular weight excluding hydrogens is 611 g/mol. The van der Waals surface area contributed by atoms with Crippen LogP contribution in [0.4, 0.5) is 0 Å². The summed E-state index contributed by atoms with van der Waals surface area (Å²) in [5.74, 6) is 1.89. The third kappa shape index (κ3) is 4.52. The van der Waals surface area contributed by atoms with E-state index in [9.17, 15) is 0 Å². The molecule has 0 fully saturated rings. The molecule has 5 nitrogen and oxygen atoms in total. The summed E-state index contributed by atoms with van der Waals surface area (Å²) in [5, 5.41) is 4.85. The smallest absolute Gasteiger partial charge is 0.164 e. The Bertz CT molecular complexity index is 2810. The highest BCUT2D eigenvalue weighted by Gasteiger charge is 2.18. The minimum absolute atomic E-state index is 0.625. The van der Waals surface area contributed by atoms with E-state index in [0.29, 0.717) is 17.5 Å². The van der Waals surface area contributed by atoms with E-state index in [0.717, 1.165) is 50.1 Å². The van der Waals surface area contributed by atoms with Crippen LogP contribution in [0.2, 0.25) is 0 Å². The van der Waals surface area contributed by atoms with Crippen LogP contribution < -0.4 is 0 Å². The zero-order valence-corrected chi connectivity index (χ0v) is 27.0. The normalized spacial score (nSPS) is 11.6. The van der Waals surface area contributed by atoms with Crippen molar-refractivity contribution in [1.29, 1.82) is 0 Å². The molecule has 3 aromatic heterocycles. The van der Waals surface area contributed by atoms with Gasteiger partial charge >= 0.3 is 0 Å². The molecule has 0 unspecified atom stereocenters. The van der Waals surface area contributed by atoms with Gasteiger partial charge in [-0.05, 0) is 48.5 Å². The second kappa shape index (κ2) is 11.4. The third-order valence-corrected chi connectivity index (χ3v) is 9.56. The fourth-order valence-electron chi connectivity index (χ4n) is 7.30. The minimum Gasteiger partial charge on any atom is -0.309 e. The van der Waals surface area contributed by atoms with Crippen molar-refractivity contribution in [3.05, 3.63) is 176 Å². The zero-order chi connectivity index (χ0) is 33.0. The lowest BCUT2D eigenvalue weighted by molar-refractivity contribution is 1.07. The van der Waals surface area contributed by atoms with Crippen LogP contribution in [0, 0.1) is 0 Å². The Hall–Kier alpha value is -6.85. The number of benzene rings is 7. The van der Waals surface area contributed by atoms with E-state index in [4.69, 9.17) is 15.0 Å². The minimum atomic E-state index is 0.625. The number of hydrogen-bond acceptors (Lipinski definition) is 3. The van der Waals surface area contributed by atoms with E-state index >= 15 is 0 Å². The maximum Gasteiger partial charge on any atom is 0.164 e. The Kier molecular flexibility index (Phi) is 6.42. The molecule has 0 saturated heterocycles. The quantitative estimate of drug-likeness (QED) is 0.188. The fraction of sp³-hybridized carbons (Fsp3) is 0. The number of hydrogen-bond donors (Lipinski definition) is 0. The Morgan fingerprint density at radius 2 is 0.700 bits per heavy atom. The standard InChI is InChI=1S/C45H29N5/c1-3-14-30(15-4-1)43-46-44(31-16-13-19-34(28-31)50-40-24-11-7-20-35(40)36-21-8-12-25-41(36)50)48-45(47-43)32-26-27-38-37-22-9-10-23-39(37)49(42(38)29-32)33-17-5-2-6-18-33/h1-29H. The Morgan fingerprint density at radius 3 is 1.30 bits per heavy atom.